The molecule has 0 spiro atoms. The van der Waals surface area contributed by atoms with E-state index in [0.717, 1.165) is 0 Å². The Hall–Kier alpha value is -2.68. The molecule has 124 valence electrons. The van der Waals surface area contributed by atoms with Crippen molar-refractivity contribution < 1.29 is 24.4 Å². The number of nitro groups is 1. The first-order chi connectivity index (χ1) is 10.9. The van der Waals surface area contributed by atoms with Crippen LogP contribution in [0, 0.1) is 10.1 Å². The highest BCUT2D eigenvalue weighted by Gasteiger charge is 2.23. The summed E-state index contributed by atoms with van der Waals surface area (Å²) in [5.74, 6) is -0.632. The Kier molecular flexibility index (Phi) is 5.12. The number of piperazine rings is 1. The van der Waals surface area contributed by atoms with Gasteiger partial charge in [0.2, 0.25) is 0 Å². The average molecular weight is 323 g/mol. The SMILES string of the molecule is COC(=O)c1cc([N+](=O)[O-])ccc1CN1CCN(C(=O)O)CC1. The molecule has 1 N–H and O–H groups in total. The molecular weight excluding hydrogens is 306 g/mol. The number of carbonyl (C=O) groups excluding carboxylic acids is 1. The largest absolute Gasteiger partial charge is 0.465 e. The zero-order valence-electron chi connectivity index (χ0n) is 12.6. The van der Waals surface area contributed by atoms with Crippen LogP contribution >= 0.6 is 0 Å². The average Bonchev–Trinajstić information content (AvgIpc) is 2.54. The van der Waals surface area contributed by atoms with E-state index in [1.807, 2.05) is 4.90 Å². The second kappa shape index (κ2) is 7.05. The molecule has 0 radical (unpaired) electrons. The molecule has 0 aliphatic carbocycles. The van der Waals surface area contributed by atoms with Gasteiger partial charge >= 0.3 is 12.1 Å². The number of nitro benzene ring substituents is 1. The lowest BCUT2D eigenvalue weighted by Gasteiger charge is -2.33. The minimum atomic E-state index is -0.949. The van der Waals surface area contributed by atoms with Crippen LogP contribution in [0.25, 0.3) is 0 Å². The molecule has 0 saturated carbocycles. The second-order valence-corrected chi connectivity index (χ2v) is 5.14. The van der Waals surface area contributed by atoms with Crippen molar-refractivity contribution in [1.29, 1.82) is 0 Å². The van der Waals surface area contributed by atoms with Crippen LogP contribution < -0.4 is 0 Å². The lowest BCUT2D eigenvalue weighted by molar-refractivity contribution is -0.384. The summed E-state index contributed by atoms with van der Waals surface area (Å²) in [6, 6.07) is 4.08. The van der Waals surface area contributed by atoms with E-state index >= 15 is 0 Å². The Labute approximate surface area is 132 Å². The van der Waals surface area contributed by atoms with E-state index in [-0.39, 0.29) is 11.3 Å². The zero-order chi connectivity index (χ0) is 17.0. The smallest absolute Gasteiger partial charge is 0.407 e. The standard InChI is InChI=1S/C14H17N3O6/c1-23-13(18)12-8-11(17(21)22)3-2-10(12)9-15-4-6-16(7-5-15)14(19)20/h2-3,8H,4-7,9H2,1H3,(H,19,20). The van der Waals surface area contributed by atoms with E-state index in [1.165, 1.54) is 30.2 Å². The number of nitrogens with zero attached hydrogens (tertiary/aromatic N) is 3. The van der Waals surface area contributed by atoms with Crippen molar-refractivity contribution in [3.8, 4) is 0 Å². The number of hydrogen-bond donors (Lipinski definition) is 1. The predicted octanol–water partition coefficient (Wildman–Crippen LogP) is 1.18. The van der Waals surface area contributed by atoms with Crippen molar-refractivity contribution >= 4 is 17.7 Å². The molecule has 9 heteroatoms. The summed E-state index contributed by atoms with van der Waals surface area (Å²) in [7, 11) is 1.22. The highest BCUT2D eigenvalue weighted by molar-refractivity contribution is 5.91. The first-order valence-electron chi connectivity index (χ1n) is 6.98. The lowest BCUT2D eigenvalue weighted by Crippen LogP contribution is -2.47. The van der Waals surface area contributed by atoms with Gasteiger partial charge in [-0.05, 0) is 5.56 Å². The number of amides is 1. The Morgan fingerprint density at radius 3 is 2.48 bits per heavy atom. The van der Waals surface area contributed by atoms with Crippen LogP contribution in [0.3, 0.4) is 0 Å². The molecule has 0 unspecified atom stereocenters. The maximum atomic E-state index is 11.8. The number of non-ortho nitro benzene ring substituents is 1. The van der Waals surface area contributed by atoms with Crippen LogP contribution in [0.5, 0.6) is 0 Å². The van der Waals surface area contributed by atoms with Crippen molar-refractivity contribution in [3.05, 3.63) is 39.4 Å². The Bertz CT molecular complexity index is 625. The molecule has 1 aliphatic heterocycles. The van der Waals surface area contributed by atoms with E-state index in [4.69, 9.17) is 5.11 Å². The molecule has 0 atom stereocenters. The van der Waals surface area contributed by atoms with Gasteiger partial charge in [-0.2, -0.15) is 0 Å². The van der Waals surface area contributed by atoms with Crippen molar-refractivity contribution in [2.24, 2.45) is 0 Å². The number of esters is 1. The maximum absolute atomic E-state index is 11.8. The third-order valence-corrected chi connectivity index (χ3v) is 3.75. The fraction of sp³-hybridized carbons (Fsp3) is 0.429. The first-order valence-corrected chi connectivity index (χ1v) is 6.98. The summed E-state index contributed by atoms with van der Waals surface area (Å²) in [4.78, 5) is 36.3. The highest BCUT2D eigenvalue weighted by Crippen LogP contribution is 2.21. The summed E-state index contributed by atoms with van der Waals surface area (Å²) >= 11 is 0. The second-order valence-electron chi connectivity index (χ2n) is 5.14. The molecule has 1 saturated heterocycles. The number of benzene rings is 1. The minimum Gasteiger partial charge on any atom is -0.465 e. The molecule has 1 heterocycles. The van der Waals surface area contributed by atoms with Gasteiger partial charge in [-0.15, -0.1) is 0 Å². The van der Waals surface area contributed by atoms with E-state index < -0.39 is 17.0 Å². The fourth-order valence-corrected chi connectivity index (χ4v) is 2.45. The maximum Gasteiger partial charge on any atom is 0.407 e. The third kappa shape index (κ3) is 3.95. The van der Waals surface area contributed by atoms with Gasteiger partial charge in [0, 0.05) is 44.9 Å². The molecule has 9 nitrogen and oxygen atoms in total. The van der Waals surface area contributed by atoms with Crippen LogP contribution in [0.1, 0.15) is 15.9 Å². The first kappa shape index (κ1) is 16.7. The van der Waals surface area contributed by atoms with Gasteiger partial charge in [0.25, 0.3) is 5.69 Å². The monoisotopic (exact) mass is 323 g/mol. The van der Waals surface area contributed by atoms with Gasteiger partial charge in [0.05, 0.1) is 17.6 Å². The number of hydrogen-bond acceptors (Lipinski definition) is 6. The molecule has 23 heavy (non-hydrogen) atoms. The van der Waals surface area contributed by atoms with Gasteiger partial charge < -0.3 is 14.7 Å². The van der Waals surface area contributed by atoms with Crippen molar-refractivity contribution in [3.63, 3.8) is 0 Å². The topological polar surface area (TPSA) is 113 Å². The molecule has 2 rings (SSSR count). The van der Waals surface area contributed by atoms with Crippen LogP contribution in [0.2, 0.25) is 0 Å². The van der Waals surface area contributed by atoms with Gasteiger partial charge in [0.15, 0.2) is 0 Å². The van der Waals surface area contributed by atoms with Crippen molar-refractivity contribution in [2.45, 2.75) is 6.54 Å². The number of carbonyl (C=O) groups is 2. The molecule has 1 aliphatic rings. The van der Waals surface area contributed by atoms with E-state index in [2.05, 4.69) is 4.74 Å². The highest BCUT2D eigenvalue weighted by atomic mass is 16.6. The summed E-state index contributed by atoms with van der Waals surface area (Å²) in [6.07, 6.45) is -0.949. The third-order valence-electron chi connectivity index (χ3n) is 3.75. The van der Waals surface area contributed by atoms with Gasteiger partial charge in [-0.1, -0.05) is 6.07 Å². The Balaban J connectivity index is 2.15. The number of carboxylic acid groups (broad SMARTS) is 1. The minimum absolute atomic E-state index is 0.155. The quantitative estimate of drug-likeness (QED) is 0.503. The predicted molar refractivity (Wildman–Crippen MR) is 79.3 cm³/mol. The van der Waals surface area contributed by atoms with Crippen LogP contribution in [-0.4, -0.2) is 65.2 Å². The molecular formula is C14H17N3O6. The zero-order valence-corrected chi connectivity index (χ0v) is 12.6. The Morgan fingerprint density at radius 1 is 1.30 bits per heavy atom. The van der Waals surface area contributed by atoms with Crippen molar-refractivity contribution in [1.82, 2.24) is 9.80 Å². The summed E-state index contributed by atoms with van der Waals surface area (Å²) in [5, 5.41) is 19.8. The van der Waals surface area contributed by atoms with Gasteiger partial charge in [-0.3, -0.25) is 15.0 Å². The van der Waals surface area contributed by atoms with Gasteiger partial charge in [-0.25, -0.2) is 9.59 Å². The van der Waals surface area contributed by atoms with Crippen LogP contribution in [0.15, 0.2) is 18.2 Å². The number of ether oxygens (including phenoxy) is 1. The van der Waals surface area contributed by atoms with Crippen molar-refractivity contribution in [2.75, 3.05) is 33.3 Å². The van der Waals surface area contributed by atoms with Crippen LogP contribution in [-0.2, 0) is 11.3 Å². The molecule has 0 aromatic heterocycles. The van der Waals surface area contributed by atoms with Gasteiger partial charge in [0.1, 0.15) is 0 Å². The van der Waals surface area contributed by atoms with E-state index in [9.17, 15) is 19.7 Å². The number of rotatable bonds is 4. The van der Waals surface area contributed by atoms with Crippen LogP contribution in [0.4, 0.5) is 10.5 Å². The summed E-state index contributed by atoms with van der Waals surface area (Å²) in [5.41, 5.74) is 0.596. The van der Waals surface area contributed by atoms with E-state index in [0.29, 0.717) is 38.3 Å². The Morgan fingerprint density at radius 2 is 1.96 bits per heavy atom. The lowest BCUT2D eigenvalue weighted by atomic mass is 10.1. The normalized spacial score (nSPS) is 15.3. The molecule has 0 bridgehead atoms. The van der Waals surface area contributed by atoms with E-state index in [1.54, 1.807) is 0 Å². The molecule has 1 amide bonds. The fourth-order valence-electron chi connectivity index (χ4n) is 2.45. The number of methoxy groups -OCH3 is 1. The summed E-state index contributed by atoms with van der Waals surface area (Å²) < 4.78 is 4.68. The molecule has 1 aromatic carbocycles. The summed E-state index contributed by atoms with van der Waals surface area (Å²) in [6.45, 7) is 2.23. The molecule has 1 aromatic rings. The molecule has 1 fully saturated rings.